The van der Waals surface area contributed by atoms with Gasteiger partial charge in [-0.15, -0.1) is 0 Å². The predicted molar refractivity (Wildman–Crippen MR) is 79.6 cm³/mol. The number of amides is 1. The van der Waals surface area contributed by atoms with Crippen LogP contribution in [0.25, 0.3) is 0 Å². The molecule has 2 rings (SSSR count). The van der Waals surface area contributed by atoms with Crippen LogP contribution in [0, 0.1) is 11.8 Å². The zero-order valence-corrected chi connectivity index (χ0v) is 12.1. The van der Waals surface area contributed by atoms with E-state index in [-0.39, 0.29) is 11.8 Å². The molecule has 0 saturated heterocycles. The van der Waals surface area contributed by atoms with Gasteiger partial charge in [-0.05, 0) is 36.9 Å². The fourth-order valence-electron chi connectivity index (χ4n) is 2.57. The highest BCUT2D eigenvalue weighted by molar-refractivity contribution is 5.79. The first-order chi connectivity index (χ1) is 9.74. The molecule has 110 valence electrons. The van der Waals surface area contributed by atoms with Crippen LogP contribution >= 0.6 is 0 Å². The molecule has 1 aromatic rings. The summed E-state index contributed by atoms with van der Waals surface area (Å²) in [6, 6.07) is 7.92. The molecule has 0 bridgehead atoms. The monoisotopic (exact) mass is 276 g/mol. The van der Waals surface area contributed by atoms with Crippen LogP contribution in [0.2, 0.25) is 0 Å². The van der Waals surface area contributed by atoms with Gasteiger partial charge in [-0.3, -0.25) is 4.79 Å². The Kier molecular flexibility index (Phi) is 5.41. The van der Waals surface area contributed by atoms with Crippen molar-refractivity contribution in [3.63, 3.8) is 0 Å². The first-order valence-corrected chi connectivity index (χ1v) is 7.43. The normalized spacial score (nSPS) is 18.8. The standard InChI is InChI=1S/C16H24N2O2/c1-2-12(7-8-17)10-18-16(19)14-9-13-5-3-4-6-15(13)20-11-14/h3-6,12,14H,2,7-11,17H2,1H3,(H,18,19). The summed E-state index contributed by atoms with van der Waals surface area (Å²) in [6.45, 7) is 3.99. The summed E-state index contributed by atoms with van der Waals surface area (Å²) in [7, 11) is 0. The van der Waals surface area contributed by atoms with Crippen molar-refractivity contribution >= 4 is 5.91 Å². The Bertz CT molecular complexity index is 448. The van der Waals surface area contributed by atoms with Crippen LogP contribution in [0.4, 0.5) is 0 Å². The molecule has 20 heavy (non-hydrogen) atoms. The van der Waals surface area contributed by atoms with Crippen LogP contribution in [-0.2, 0) is 11.2 Å². The molecule has 1 aromatic carbocycles. The number of rotatable bonds is 6. The topological polar surface area (TPSA) is 64.3 Å². The number of nitrogens with one attached hydrogen (secondary N) is 1. The molecule has 0 aromatic heterocycles. The van der Waals surface area contributed by atoms with Crippen molar-refractivity contribution in [1.82, 2.24) is 5.32 Å². The van der Waals surface area contributed by atoms with Crippen LogP contribution in [0.5, 0.6) is 5.75 Å². The van der Waals surface area contributed by atoms with Crippen LogP contribution in [0.1, 0.15) is 25.3 Å². The quantitative estimate of drug-likeness (QED) is 0.831. The Balaban J connectivity index is 1.85. The van der Waals surface area contributed by atoms with Gasteiger partial charge in [-0.1, -0.05) is 31.5 Å². The van der Waals surface area contributed by atoms with Crippen LogP contribution in [-0.4, -0.2) is 25.6 Å². The maximum atomic E-state index is 12.2. The zero-order chi connectivity index (χ0) is 14.4. The maximum Gasteiger partial charge on any atom is 0.226 e. The number of ether oxygens (including phenoxy) is 1. The number of benzene rings is 1. The van der Waals surface area contributed by atoms with Gasteiger partial charge in [-0.25, -0.2) is 0 Å². The van der Waals surface area contributed by atoms with E-state index < -0.39 is 0 Å². The van der Waals surface area contributed by atoms with E-state index in [1.54, 1.807) is 0 Å². The summed E-state index contributed by atoms with van der Waals surface area (Å²) < 4.78 is 5.66. The molecule has 4 nitrogen and oxygen atoms in total. The predicted octanol–water partition coefficient (Wildman–Crippen LogP) is 1.73. The molecular formula is C16H24N2O2. The van der Waals surface area contributed by atoms with Crippen LogP contribution < -0.4 is 15.8 Å². The summed E-state index contributed by atoms with van der Waals surface area (Å²) in [5.41, 5.74) is 6.69. The highest BCUT2D eigenvalue weighted by Crippen LogP contribution is 2.26. The molecule has 0 fully saturated rings. The van der Waals surface area contributed by atoms with E-state index in [9.17, 15) is 4.79 Å². The highest BCUT2D eigenvalue weighted by Gasteiger charge is 2.25. The van der Waals surface area contributed by atoms with Crippen molar-refractivity contribution in [3.8, 4) is 5.75 Å². The van der Waals surface area contributed by atoms with Crippen molar-refractivity contribution in [2.45, 2.75) is 26.2 Å². The number of hydrogen-bond acceptors (Lipinski definition) is 3. The van der Waals surface area contributed by atoms with E-state index in [2.05, 4.69) is 12.2 Å². The molecule has 3 N–H and O–H groups in total. The molecule has 0 saturated carbocycles. The smallest absolute Gasteiger partial charge is 0.226 e. The lowest BCUT2D eigenvalue weighted by molar-refractivity contribution is -0.126. The fourth-order valence-corrected chi connectivity index (χ4v) is 2.57. The molecule has 4 heteroatoms. The van der Waals surface area contributed by atoms with Crippen molar-refractivity contribution < 1.29 is 9.53 Å². The lowest BCUT2D eigenvalue weighted by Crippen LogP contribution is -2.39. The number of fused-ring (bicyclic) bond motifs is 1. The Labute approximate surface area is 120 Å². The molecule has 1 amide bonds. The third-order valence-corrected chi connectivity index (χ3v) is 3.97. The minimum atomic E-state index is -0.0831. The third kappa shape index (κ3) is 3.73. The number of hydrogen-bond donors (Lipinski definition) is 2. The summed E-state index contributed by atoms with van der Waals surface area (Å²) in [5, 5.41) is 3.04. The average molecular weight is 276 g/mol. The molecule has 2 atom stereocenters. The highest BCUT2D eigenvalue weighted by atomic mass is 16.5. The minimum absolute atomic E-state index is 0.0831. The zero-order valence-electron chi connectivity index (χ0n) is 12.1. The van der Waals surface area contributed by atoms with Gasteiger partial charge in [0.05, 0.1) is 5.92 Å². The molecule has 1 aliphatic rings. The summed E-state index contributed by atoms with van der Waals surface area (Å²) in [6.07, 6.45) is 2.76. The van der Waals surface area contributed by atoms with Gasteiger partial charge in [0.1, 0.15) is 12.4 Å². The number of carbonyl (C=O) groups is 1. The SMILES string of the molecule is CCC(CCN)CNC(=O)C1COc2ccccc2C1. The molecular weight excluding hydrogens is 252 g/mol. The van der Waals surface area contributed by atoms with Crippen molar-refractivity contribution in [2.75, 3.05) is 19.7 Å². The van der Waals surface area contributed by atoms with Gasteiger partial charge in [0, 0.05) is 6.54 Å². The number of para-hydroxylation sites is 1. The van der Waals surface area contributed by atoms with Gasteiger partial charge < -0.3 is 15.8 Å². The first kappa shape index (κ1) is 14.9. The van der Waals surface area contributed by atoms with E-state index in [1.807, 2.05) is 24.3 Å². The molecule has 1 aliphatic heterocycles. The largest absolute Gasteiger partial charge is 0.492 e. The van der Waals surface area contributed by atoms with Crippen molar-refractivity contribution in [2.24, 2.45) is 17.6 Å². The number of carbonyl (C=O) groups excluding carboxylic acids is 1. The molecule has 2 unspecified atom stereocenters. The van der Waals surface area contributed by atoms with Gasteiger partial charge in [0.2, 0.25) is 5.91 Å². The second-order valence-electron chi connectivity index (χ2n) is 5.42. The van der Waals surface area contributed by atoms with E-state index >= 15 is 0 Å². The van der Waals surface area contributed by atoms with Gasteiger partial charge in [-0.2, -0.15) is 0 Å². The first-order valence-electron chi connectivity index (χ1n) is 7.43. The number of nitrogens with two attached hydrogens (primary N) is 1. The van der Waals surface area contributed by atoms with E-state index in [4.69, 9.17) is 10.5 Å². The molecule has 0 spiro atoms. The second kappa shape index (κ2) is 7.29. The van der Waals surface area contributed by atoms with Gasteiger partial charge >= 0.3 is 0 Å². The molecule has 0 aliphatic carbocycles. The third-order valence-electron chi connectivity index (χ3n) is 3.97. The second-order valence-corrected chi connectivity index (χ2v) is 5.42. The lowest BCUT2D eigenvalue weighted by atomic mass is 9.95. The van der Waals surface area contributed by atoms with Crippen LogP contribution in [0.3, 0.4) is 0 Å². The molecule has 1 heterocycles. The Morgan fingerprint density at radius 1 is 1.50 bits per heavy atom. The Morgan fingerprint density at radius 2 is 2.30 bits per heavy atom. The minimum Gasteiger partial charge on any atom is -0.492 e. The summed E-state index contributed by atoms with van der Waals surface area (Å²) in [4.78, 5) is 12.2. The van der Waals surface area contributed by atoms with Gasteiger partial charge in [0.25, 0.3) is 0 Å². The average Bonchev–Trinajstić information content (AvgIpc) is 2.50. The van der Waals surface area contributed by atoms with Crippen LogP contribution in [0.15, 0.2) is 24.3 Å². The lowest BCUT2D eigenvalue weighted by Gasteiger charge is -2.25. The molecule has 0 radical (unpaired) electrons. The van der Waals surface area contributed by atoms with Gasteiger partial charge in [0.15, 0.2) is 0 Å². The van der Waals surface area contributed by atoms with E-state index in [0.717, 1.165) is 30.6 Å². The summed E-state index contributed by atoms with van der Waals surface area (Å²) >= 11 is 0. The van der Waals surface area contributed by atoms with Crippen molar-refractivity contribution in [3.05, 3.63) is 29.8 Å². The fraction of sp³-hybridized carbons (Fsp3) is 0.562. The van der Waals surface area contributed by atoms with E-state index in [1.165, 1.54) is 0 Å². The Morgan fingerprint density at radius 3 is 3.05 bits per heavy atom. The van der Waals surface area contributed by atoms with Crippen molar-refractivity contribution in [1.29, 1.82) is 0 Å². The summed E-state index contributed by atoms with van der Waals surface area (Å²) in [5.74, 6) is 1.39. The maximum absolute atomic E-state index is 12.2. The van der Waals surface area contributed by atoms with E-state index in [0.29, 0.717) is 25.6 Å². The Hall–Kier alpha value is -1.55.